The summed E-state index contributed by atoms with van der Waals surface area (Å²) in [5.74, 6) is 0. The summed E-state index contributed by atoms with van der Waals surface area (Å²) < 4.78 is 0. The zero-order valence-electron chi connectivity index (χ0n) is 11.9. The minimum absolute atomic E-state index is 1.05. The quantitative estimate of drug-likeness (QED) is 0.529. The van der Waals surface area contributed by atoms with Gasteiger partial charge in [0.05, 0.1) is 0 Å². The van der Waals surface area contributed by atoms with Gasteiger partial charge in [0, 0.05) is 28.6 Å². The van der Waals surface area contributed by atoms with Gasteiger partial charge in [-0.15, -0.1) is 0 Å². The molecule has 3 aromatic rings. The van der Waals surface area contributed by atoms with Crippen LogP contribution in [0.5, 0.6) is 0 Å². The van der Waals surface area contributed by atoms with Crippen LogP contribution in [-0.2, 0) is 12.8 Å². The van der Waals surface area contributed by atoms with Crippen molar-refractivity contribution < 1.29 is 0 Å². The monoisotopic (exact) mass is 261 g/mol. The Hall–Kier alpha value is -2.02. The van der Waals surface area contributed by atoms with E-state index in [2.05, 4.69) is 54.4 Å². The molecule has 0 bridgehead atoms. The second kappa shape index (κ2) is 4.52. The van der Waals surface area contributed by atoms with Crippen LogP contribution in [0.25, 0.3) is 22.0 Å². The van der Waals surface area contributed by atoms with Crippen LogP contribution in [0, 0.1) is 0 Å². The van der Waals surface area contributed by atoms with E-state index in [9.17, 15) is 0 Å². The summed E-state index contributed by atoms with van der Waals surface area (Å²) in [6, 6.07) is 15.5. The largest absolute Gasteiger partial charge is 0.358 e. The predicted octanol–water partition coefficient (Wildman–Crippen LogP) is 5.08. The second-order valence-electron chi connectivity index (χ2n) is 5.76. The van der Waals surface area contributed by atoms with Crippen LogP contribution < -0.4 is 0 Å². The minimum atomic E-state index is 1.05. The summed E-state index contributed by atoms with van der Waals surface area (Å²) in [6.07, 6.45) is 4.74. The summed E-state index contributed by atoms with van der Waals surface area (Å²) in [6.45, 7) is 2.26. The van der Waals surface area contributed by atoms with Gasteiger partial charge < -0.3 is 4.98 Å². The first-order valence-electron chi connectivity index (χ1n) is 7.59. The number of aromatic amines is 1. The zero-order chi connectivity index (χ0) is 13.5. The van der Waals surface area contributed by atoms with Crippen LogP contribution in [0.15, 0.2) is 42.5 Å². The van der Waals surface area contributed by atoms with Gasteiger partial charge in [0.1, 0.15) is 0 Å². The normalized spacial score (nSPS) is 12.7. The van der Waals surface area contributed by atoms with E-state index in [1.165, 1.54) is 58.1 Å². The molecule has 20 heavy (non-hydrogen) atoms. The van der Waals surface area contributed by atoms with Crippen molar-refractivity contribution >= 4 is 10.9 Å². The van der Waals surface area contributed by atoms with Crippen LogP contribution in [0.3, 0.4) is 0 Å². The Morgan fingerprint density at radius 3 is 2.85 bits per heavy atom. The summed E-state index contributed by atoms with van der Waals surface area (Å²) in [4.78, 5) is 3.64. The number of hydrogen-bond donors (Lipinski definition) is 1. The molecule has 0 unspecified atom stereocenters. The van der Waals surface area contributed by atoms with Gasteiger partial charge in [-0.2, -0.15) is 0 Å². The SMILES string of the molecule is CCCCc1cccc2[nH]c3c(c12)-c1ccccc1C3. The first-order chi connectivity index (χ1) is 9.88. The number of aromatic nitrogens is 1. The summed E-state index contributed by atoms with van der Waals surface area (Å²) in [5, 5.41) is 1.46. The molecule has 1 aromatic heterocycles. The highest BCUT2D eigenvalue weighted by Gasteiger charge is 2.23. The van der Waals surface area contributed by atoms with E-state index in [0.717, 1.165) is 6.42 Å². The van der Waals surface area contributed by atoms with Crippen molar-refractivity contribution in [1.29, 1.82) is 0 Å². The molecule has 1 aliphatic carbocycles. The number of H-pyrrole nitrogens is 1. The van der Waals surface area contributed by atoms with Crippen molar-refractivity contribution in [1.82, 2.24) is 4.98 Å². The third kappa shape index (κ3) is 1.62. The molecule has 4 rings (SSSR count). The summed E-state index contributed by atoms with van der Waals surface area (Å²) in [7, 11) is 0. The molecule has 1 heterocycles. The molecule has 2 aromatic carbocycles. The van der Waals surface area contributed by atoms with Crippen molar-refractivity contribution in [2.75, 3.05) is 0 Å². The highest BCUT2D eigenvalue weighted by atomic mass is 14.7. The van der Waals surface area contributed by atoms with E-state index in [0.29, 0.717) is 0 Å². The number of unbranched alkanes of at least 4 members (excludes halogenated alkanes) is 1. The second-order valence-corrected chi connectivity index (χ2v) is 5.76. The number of fused-ring (bicyclic) bond motifs is 5. The van der Waals surface area contributed by atoms with Gasteiger partial charge in [-0.3, -0.25) is 0 Å². The predicted molar refractivity (Wildman–Crippen MR) is 85.2 cm³/mol. The van der Waals surface area contributed by atoms with Gasteiger partial charge in [0.25, 0.3) is 0 Å². The smallest absolute Gasteiger partial charge is 0.0465 e. The Kier molecular flexibility index (Phi) is 2.66. The molecule has 0 saturated carbocycles. The maximum atomic E-state index is 3.64. The summed E-state index contributed by atoms with van der Waals surface area (Å²) >= 11 is 0. The van der Waals surface area contributed by atoms with Crippen LogP contribution in [-0.4, -0.2) is 4.98 Å². The molecular weight excluding hydrogens is 242 g/mol. The molecule has 0 saturated heterocycles. The minimum Gasteiger partial charge on any atom is -0.358 e. The van der Waals surface area contributed by atoms with E-state index < -0.39 is 0 Å². The fourth-order valence-electron chi connectivity index (χ4n) is 3.49. The van der Waals surface area contributed by atoms with E-state index in [-0.39, 0.29) is 0 Å². The van der Waals surface area contributed by atoms with E-state index in [1.54, 1.807) is 0 Å². The molecule has 0 aliphatic heterocycles. The van der Waals surface area contributed by atoms with Gasteiger partial charge in [-0.05, 0) is 35.6 Å². The van der Waals surface area contributed by atoms with E-state index in [1.807, 2.05) is 0 Å². The van der Waals surface area contributed by atoms with Crippen LogP contribution >= 0.6 is 0 Å². The Morgan fingerprint density at radius 2 is 1.95 bits per heavy atom. The molecule has 0 radical (unpaired) electrons. The first kappa shape index (κ1) is 11.8. The number of nitrogens with one attached hydrogen (secondary N) is 1. The van der Waals surface area contributed by atoms with Crippen molar-refractivity contribution in [3.63, 3.8) is 0 Å². The Balaban J connectivity index is 1.97. The molecule has 1 aliphatic rings. The van der Waals surface area contributed by atoms with Crippen molar-refractivity contribution in [3.05, 3.63) is 59.3 Å². The average molecular weight is 261 g/mol. The third-order valence-corrected chi connectivity index (χ3v) is 4.44. The third-order valence-electron chi connectivity index (χ3n) is 4.44. The first-order valence-corrected chi connectivity index (χ1v) is 7.59. The Labute approximate surface area is 119 Å². The molecule has 0 fully saturated rings. The van der Waals surface area contributed by atoms with Crippen molar-refractivity contribution in [3.8, 4) is 11.1 Å². The van der Waals surface area contributed by atoms with Crippen LogP contribution in [0.2, 0.25) is 0 Å². The molecule has 1 N–H and O–H groups in total. The van der Waals surface area contributed by atoms with Crippen LogP contribution in [0.4, 0.5) is 0 Å². The lowest BCUT2D eigenvalue weighted by atomic mass is 9.98. The topological polar surface area (TPSA) is 15.8 Å². The maximum Gasteiger partial charge on any atom is 0.0465 e. The highest BCUT2D eigenvalue weighted by Crippen LogP contribution is 2.42. The highest BCUT2D eigenvalue weighted by molar-refractivity contribution is 6.02. The maximum absolute atomic E-state index is 3.64. The lowest BCUT2D eigenvalue weighted by molar-refractivity contribution is 0.799. The van der Waals surface area contributed by atoms with Gasteiger partial charge in [-0.1, -0.05) is 49.7 Å². The lowest BCUT2D eigenvalue weighted by Gasteiger charge is -2.06. The number of hydrogen-bond acceptors (Lipinski definition) is 0. The Bertz CT molecular complexity index is 780. The van der Waals surface area contributed by atoms with Gasteiger partial charge in [0.2, 0.25) is 0 Å². The van der Waals surface area contributed by atoms with E-state index in [4.69, 9.17) is 0 Å². The van der Waals surface area contributed by atoms with Gasteiger partial charge >= 0.3 is 0 Å². The molecule has 1 nitrogen and oxygen atoms in total. The molecule has 0 amide bonds. The van der Waals surface area contributed by atoms with Crippen molar-refractivity contribution in [2.24, 2.45) is 0 Å². The Morgan fingerprint density at radius 1 is 1.05 bits per heavy atom. The van der Waals surface area contributed by atoms with E-state index >= 15 is 0 Å². The van der Waals surface area contributed by atoms with Crippen molar-refractivity contribution in [2.45, 2.75) is 32.6 Å². The lowest BCUT2D eigenvalue weighted by Crippen LogP contribution is -1.87. The number of aryl methyl sites for hydroxylation is 1. The molecular formula is C19H19N. The summed E-state index contributed by atoms with van der Waals surface area (Å²) in [5.41, 5.74) is 8.54. The molecule has 1 heteroatoms. The number of rotatable bonds is 3. The van der Waals surface area contributed by atoms with Gasteiger partial charge in [0.15, 0.2) is 0 Å². The molecule has 0 atom stereocenters. The number of benzene rings is 2. The average Bonchev–Trinajstić information content (AvgIpc) is 3.00. The fourth-order valence-corrected chi connectivity index (χ4v) is 3.49. The fraction of sp³-hybridized carbons (Fsp3) is 0.263. The molecule has 0 spiro atoms. The molecule has 100 valence electrons. The van der Waals surface area contributed by atoms with Gasteiger partial charge in [-0.25, -0.2) is 0 Å². The van der Waals surface area contributed by atoms with Crippen LogP contribution in [0.1, 0.15) is 36.6 Å². The standard InChI is InChI=1S/C19H19N/c1-2-3-7-13-9-6-11-16-18(13)19-15-10-5-4-8-14(15)12-17(19)20-16/h4-6,8-11,20H,2-3,7,12H2,1H3. The zero-order valence-corrected chi connectivity index (χ0v) is 11.9.